The SMILES string of the molecule is CCCCOc1ccc2c(c1)C(=O)N(C(=O)OC(C)(C)C)c1cccc(n1)-c1nncn1CCCCO2. The molecular weight excluding hydrogens is 474 g/mol. The first-order valence-corrected chi connectivity index (χ1v) is 12.6. The molecule has 0 unspecified atom stereocenters. The number of amides is 2. The Labute approximate surface area is 216 Å². The Bertz CT molecular complexity index is 1250. The van der Waals surface area contributed by atoms with Crippen LogP contribution in [0.1, 0.15) is 63.7 Å². The zero-order valence-electron chi connectivity index (χ0n) is 21.8. The molecule has 1 aliphatic rings. The number of nitrogens with zero attached hydrogens (tertiary/aromatic N) is 5. The van der Waals surface area contributed by atoms with Gasteiger partial charge in [0, 0.05) is 6.54 Å². The summed E-state index contributed by atoms with van der Waals surface area (Å²) in [6, 6.07) is 10.1. The van der Waals surface area contributed by atoms with Crippen molar-refractivity contribution in [2.45, 2.75) is 65.5 Å². The second-order valence-electron chi connectivity index (χ2n) is 9.77. The number of fused-ring (bicyclic) bond motifs is 5. The maximum absolute atomic E-state index is 14.0. The van der Waals surface area contributed by atoms with Crippen molar-refractivity contribution in [2.75, 3.05) is 18.1 Å². The second kappa shape index (κ2) is 11.4. The molecule has 0 saturated heterocycles. The third-order valence-electron chi connectivity index (χ3n) is 5.59. The van der Waals surface area contributed by atoms with Crippen molar-refractivity contribution in [3.05, 3.63) is 48.3 Å². The molecule has 0 spiro atoms. The Kier molecular flexibility index (Phi) is 8.05. The molecular formula is C27H33N5O5. The number of hydrogen-bond donors (Lipinski definition) is 0. The van der Waals surface area contributed by atoms with E-state index in [9.17, 15) is 9.59 Å². The molecule has 3 heterocycles. The standard InChI is InChI=1S/C27H33N5O5/c1-5-6-15-35-19-12-13-22-20(17-19)25(33)32(26(34)37-27(2,3)4)23-11-9-10-21(29-23)24-30-28-18-31(24)14-7-8-16-36-22/h9-13,17-18H,5-8,14-16H2,1-4H3. The number of imide groups is 1. The van der Waals surface area contributed by atoms with Gasteiger partial charge in [0.15, 0.2) is 5.82 Å². The molecule has 2 amide bonds. The second-order valence-corrected chi connectivity index (χ2v) is 9.77. The van der Waals surface area contributed by atoms with Crippen LogP contribution in [0.5, 0.6) is 11.5 Å². The molecule has 196 valence electrons. The molecule has 0 N–H and O–H groups in total. The van der Waals surface area contributed by atoms with Crippen LogP contribution in [0.3, 0.4) is 0 Å². The number of aryl methyl sites for hydroxylation is 1. The van der Waals surface area contributed by atoms with Crippen molar-refractivity contribution in [3.63, 3.8) is 0 Å². The number of pyridine rings is 1. The van der Waals surface area contributed by atoms with Gasteiger partial charge in [-0.25, -0.2) is 9.78 Å². The number of aromatic nitrogens is 4. The van der Waals surface area contributed by atoms with E-state index in [-0.39, 0.29) is 11.4 Å². The van der Waals surface area contributed by atoms with Gasteiger partial charge in [-0.1, -0.05) is 19.4 Å². The van der Waals surface area contributed by atoms with E-state index in [4.69, 9.17) is 14.2 Å². The molecule has 10 nitrogen and oxygen atoms in total. The van der Waals surface area contributed by atoms with Crippen LogP contribution in [0, 0.1) is 0 Å². The number of unbranched alkanes of at least 4 members (excludes halogenated alkanes) is 1. The van der Waals surface area contributed by atoms with Crippen LogP contribution in [0.15, 0.2) is 42.7 Å². The van der Waals surface area contributed by atoms with Crippen LogP contribution < -0.4 is 14.4 Å². The summed E-state index contributed by atoms with van der Waals surface area (Å²) in [5, 5.41) is 8.25. The number of carbonyl (C=O) groups excluding carboxylic acids is 2. The lowest BCUT2D eigenvalue weighted by Gasteiger charge is -2.26. The quantitative estimate of drug-likeness (QED) is 0.439. The lowest BCUT2D eigenvalue weighted by molar-refractivity contribution is 0.0562. The molecule has 10 heteroatoms. The van der Waals surface area contributed by atoms with Gasteiger partial charge in [0.2, 0.25) is 0 Å². The predicted octanol–water partition coefficient (Wildman–Crippen LogP) is 5.27. The first-order valence-electron chi connectivity index (χ1n) is 12.6. The minimum absolute atomic E-state index is 0.103. The molecule has 0 saturated carbocycles. The summed E-state index contributed by atoms with van der Waals surface area (Å²) in [5.74, 6) is 0.896. The predicted molar refractivity (Wildman–Crippen MR) is 138 cm³/mol. The molecule has 4 rings (SSSR count). The topological polar surface area (TPSA) is 109 Å². The summed E-state index contributed by atoms with van der Waals surface area (Å²) in [7, 11) is 0. The fraction of sp³-hybridized carbons (Fsp3) is 0.444. The van der Waals surface area contributed by atoms with Crippen LogP contribution in [0.25, 0.3) is 11.5 Å². The molecule has 0 atom stereocenters. The molecule has 0 fully saturated rings. The Morgan fingerprint density at radius 1 is 1.16 bits per heavy atom. The number of anilines is 1. The highest BCUT2D eigenvalue weighted by Crippen LogP contribution is 2.30. The molecule has 3 aromatic rings. The molecule has 2 aromatic heterocycles. The molecule has 0 radical (unpaired) electrons. The number of benzene rings is 1. The zero-order valence-corrected chi connectivity index (χ0v) is 21.8. The number of carbonyl (C=O) groups is 2. The minimum atomic E-state index is -0.848. The van der Waals surface area contributed by atoms with Gasteiger partial charge >= 0.3 is 6.09 Å². The van der Waals surface area contributed by atoms with E-state index in [1.807, 2.05) is 4.57 Å². The normalized spacial score (nSPS) is 14.2. The summed E-state index contributed by atoms with van der Waals surface area (Å²) in [5.41, 5.74) is -0.160. The molecule has 2 bridgehead atoms. The summed E-state index contributed by atoms with van der Waals surface area (Å²) < 4.78 is 19.4. The monoisotopic (exact) mass is 507 g/mol. The van der Waals surface area contributed by atoms with Gasteiger partial charge in [-0.3, -0.25) is 4.79 Å². The van der Waals surface area contributed by atoms with Crippen molar-refractivity contribution in [1.29, 1.82) is 0 Å². The van der Waals surface area contributed by atoms with Crippen LogP contribution in [-0.2, 0) is 11.3 Å². The van der Waals surface area contributed by atoms with Crippen molar-refractivity contribution >= 4 is 17.8 Å². The highest BCUT2D eigenvalue weighted by Gasteiger charge is 2.33. The summed E-state index contributed by atoms with van der Waals surface area (Å²) in [6.07, 6.45) is 4.21. The van der Waals surface area contributed by atoms with Crippen molar-refractivity contribution in [3.8, 4) is 23.0 Å². The Balaban J connectivity index is 1.83. The largest absolute Gasteiger partial charge is 0.494 e. The van der Waals surface area contributed by atoms with E-state index in [0.717, 1.165) is 30.6 Å². The van der Waals surface area contributed by atoms with Crippen LogP contribution in [0.4, 0.5) is 10.6 Å². The van der Waals surface area contributed by atoms with E-state index in [1.54, 1.807) is 63.5 Å². The van der Waals surface area contributed by atoms with Gasteiger partial charge in [0.1, 0.15) is 34.9 Å². The molecule has 1 aliphatic heterocycles. The Hall–Kier alpha value is -3.95. The first kappa shape index (κ1) is 26.1. The van der Waals surface area contributed by atoms with Gasteiger partial charge in [-0.15, -0.1) is 10.2 Å². The smallest absolute Gasteiger partial charge is 0.423 e. The van der Waals surface area contributed by atoms with Crippen LogP contribution in [0.2, 0.25) is 0 Å². The fourth-order valence-corrected chi connectivity index (χ4v) is 3.79. The van der Waals surface area contributed by atoms with E-state index in [0.29, 0.717) is 42.8 Å². The third kappa shape index (κ3) is 6.44. The maximum Gasteiger partial charge on any atom is 0.423 e. The van der Waals surface area contributed by atoms with Gasteiger partial charge in [0.25, 0.3) is 5.91 Å². The highest BCUT2D eigenvalue weighted by atomic mass is 16.6. The Morgan fingerprint density at radius 3 is 2.78 bits per heavy atom. The number of ether oxygens (including phenoxy) is 3. The fourth-order valence-electron chi connectivity index (χ4n) is 3.79. The van der Waals surface area contributed by atoms with Gasteiger partial charge in [-0.05, 0) is 70.4 Å². The van der Waals surface area contributed by atoms with Crippen molar-refractivity contribution in [2.24, 2.45) is 0 Å². The van der Waals surface area contributed by atoms with Crippen molar-refractivity contribution in [1.82, 2.24) is 19.7 Å². The average Bonchev–Trinajstić information content (AvgIpc) is 3.32. The number of rotatable bonds is 4. The summed E-state index contributed by atoms with van der Waals surface area (Å²) in [6.45, 7) is 8.87. The zero-order chi connectivity index (χ0) is 26.4. The van der Waals surface area contributed by atoms with Crippen molar-refractivity contribution < 1.29 is 23.8 Å². The van der Waals surface area contributed by atoms with E-state index >= 15 is 0 Å². The van der Waals surface area contributed by atoms with E-state index < -0.39 is 17.6 Å². The Morgan fingerprint density at radius 2 is 2.00 bits per heavy atom. The van der Waals surface area contributed by atoms with Crippen LogP contribution >= 0.6 is 0 Å². The summed E-state index contributed by atoms with van der Waals surface area (Å²) >= 11 is 0. The van der Waals surface area contributed by atoms with Gasteiger partial charge in [-0.2, -0.15) is 4.90 Å². The summed E-state index contributed by atoms with van der Waals surface area (Å²) in [4.78, 5) is 33.0. The van der Waals surface area contributed by atoms with Gasteiger partial charge in [0.05, 0.1) is 18.8 Å². The molecule has 37 heavy (non-hydrogen) atoms. The van der Waals surface area contributed by atoms with E-state index in [2.05, 4.69) is 22.1 Å². The lowest BCUT2D eigenvalue weighted by Crippen LogP contribution is -2.41. The average molecular weight is 508 g/mol. The third-order valence-corrected chi connectivity index (χ3v) is 5.59. The van der Waals surface area contributed by atoms with Crippen LogP contribution in [-0.4, -0.2) is 50.6 Å². The van der Waals surface area contributed by atoms with Gasteiger partial charge < -0.3 is 18.8 Å². The molecule has 1 aromatic carbocycles. The first-order chi connectivity index (χ1) is 17.8. The minimum Gasteiger partial charge on any atom is -0.494 e. The number of hydrogen-bond acceptors (Lipinski definition) is 8. The molecule has 0 aliphatic carbocycles. The van der Waals surface area contributed by atoms with E-state index in [1.165, 1.54) is 0 Å². The highest BCUT2D eigenvalue weighted by molar-refractivity contribution is 6.20. The lowest BCUT2D eigenvalue weighted by atomic mass is 10.1. The maximum atomic E-state index is 14.0.